The van der Waals surface area contributed by atoms with Crippen LogP contribution in [0.5, 0.6) is 0 Å². The van der Waals surface area contributed by atoms with Gasteiger partial charge in [0.25, 0.3) is 0 Å². The topological polar surface area (TPSA) is 34.1 Å². The Balaban J connectivity index is 1.82. The SMILES string of the molecule is CC(C)(C)NCc1sc(C2(C)CCCCO2)nc1C1CC1. The molecule has 3 nitrogen and oxygen atoms in total. The van der Waals surface area contributed by atoms with Gasteiger partial charge in [-0.05, 0) is 59.8 Å². The lowest BCUT2D eigenvalue weighted by Gasteiger charge is -2.31. The van der Waals surface area contributed by atoms with E-state index in [1.165, 1.54) is 41.3 Å². The van der Waals surface area contributed by atoms with E-state index in [-0.39, 0.29) is 11.1 Å². The predicted octanol–water partition coefficient (Wildman–Crippen LogP) is 4.32. The van der Waals surface area contributed by atoms with Gasteiger partial charge in [0, 0.05) is 29.5 Å². The second kappa shape index (κ2) is 5.64. The summed E-state index contributed by atoms with van der Waals surface area (Å²) in [5, 5.41) is 4.82. The van der Waals surface area contributed by atoms with Gasteiger partial charge in [-0.3, -0.25) is 0 Å². The number of nitrogens with one attached hydrogen (secondary N) is 1. The van der Waals surface area contributed by atoms with Crippen LogP contribution < -0.4 is 5.32 Å². The van der Waals surface area contributed by atoms with Crippen molar-refractivity contribution in [2.24, 2.45) is 0 Å². The van der Waals surface area contributed by atoms with E-state index < -0.39 is 0 Å². The molecule has 1 aromatic heterocycles. The van der Waals surface area contributed by atoms with Crippen molar-refractivity contribution in [2.45, 2.75) is 83.4 Å². The van der Waals surface area contributed by atoms with E-state index in [2.05, 4.69) is 33.0 Å². The van der Waals surface area contributed by atoms with Crippen LogP contribution in [-0.2, 0) is 16.9 Å². The van der Waals surface area contributed by atoms with Crippen LogP contribution in [0.1, 0.15) is 81.3 Å². The highest BCUT2D eigenvalue weighted by atomic mass is 32.1. The zero-order chi connectivity index (χ0) is 15.1. The van der Waals surface area contributed by atoms with E-state index in [4.69, 9.17) is 9.72 Å². The molecule has 4 heteroatoms. The first kappa shape index (κ1) is 15.4. The first-order valence-electron chi connectivity index (χ1n) is 8.26. The molecule has 0 radical (unpaired) electrons. The summed E-state index contributed by atoms with van der Waals surface area (Å²) in [7, 11) is 0. The fourth-order valence-electron chi connectivity index (χ4n) is 2.84. The molecule has 0 bridgehead atoms. The molecular formula is C17H28N2OS. The quantitative estimate of drug-likeness (QED) is 0.899. The Labute approximate surface area is 132 Å². The smallest absolute Gasteiger partial charge is 0.125 e. The summed E-state index contributed by atoms with van der Waals surface area (Å²) in [6.07, 6.45) is 6.17. The number of hydrogen-bond acceptors (Lipinski definition) is 4. The highest BCUT2D eigenvalue weighted by molar-refractivity contribution is 7.11. The fraction of sp³-hybridized carbons (Fsp3) is 0.824. The van der Waals surface area contributed by atoms with Gasteiger partial charge >= 0.3 is 0 Å². The molecule has 1 unspecified atom stereocenters. The molecular weight excluding hydrogens is 280 g/mol. The highest BCUT2D eigenvalue weighted by Crippen LogP contribution is 2.46. The van der Waals surface area contributed by atoms with Crippen LogP contribution in [0.3, 0.4) is 0 Å². The number of aromatic nitrogens is 1. The van der Waals surface area contributed by atoms with Gasteiger partial charge in [-0.15, -0.1) is 11.3 Å². The Bertz CT molecular complexity index is 493. The molecule has 1 saturated carbocycles. The van der Waals surface area contributed by atoms with Gasteiger partial charge in [-0.25, -0.2) is 4.98 Å². The van der Waals surface area contributed by atoms with E-state index >= 15 is 0 Å². The average Bonchev–Trinajstić information content (AvgIpc) is 3.16. The molecule has 0 spiro atoms. The summed E-state index contributed by atoms with van der Waals surface area (Å²) < 4.78 is 6.09. The van der Waals surface area contributed by atoms with Crippen molar-refractivity contribution in [3.8, 4) is 0 Å². The Morgan fingerprint density at radius 1 is 1.33 bits per heavy atom. The lowest BCUT2D eigenvalue weighted by Crippen LogP contribution is -2.35. The Hall–Kier alpha value is -0.450. The summed E-state index contributed by atoms with van der Waals surface area (Å²) in [5.74, 6) is 0.707. The lowest BCUT2D eigenvalue weighted by atomic mass is 9.97. The summed E-state index contributed by atoms with van der Waals surface area (Å²) in [5.41, 5.74) is 1.35. The zero-order valence-electron chi connectivity index (χ0n) is 13.8. The second-order valence-electron chi connectivity index (χ2n) is 7.74. The molecule has 1 saturated heterocycles. The van der Waals surface area contributed by atoms with Crippen molar-refractivity contribution in [2.75, 3.05) is 6.61 Å². The van der Waals surface area contributed by atoms with Crippen LogP contribution in [-0.4, -0.2) is 17.1 Å². The first-order valence-corrected chi connectivity index (χ1v) is 9.08. The molecule has 0 amide bonds. The summed E-state index contributed by atoms with van der Waals surface area (Å²) in [4.78, 5) is 6.45. The Kier molecular flexibility index (Phi) is 4.15. The van der Waals surface area contributed by atoms with Gasteiger partial charge in [0.1, 0.15) is 10.6 Å². The largest absolute Gasteiger partial charge is 0.368 e. The van der Waals surface area contributed by atoms with Gasteiger partial charge in [-0.1, -0.05) is 0 Å². The average molecular weight is 308 g/mol. The van der Waals surface area contributed by atoms with E-state index in [1.54, 1.807) is 0 Å². The fourth-order valence-corrected chi connectivity index (χ4v) is 4.06. The molecule has 1 N–H and O–H groups in total. The monoisotopic (exact) mass is 308 g/mol. The van der Waals surface area contributed by atoms with Crippen molar-refractivity contribution in [1.29, 1.82) is 0 Å². The number of hydrogen-bond donors (Lipinski definition) is 1. The van der Waals surface area contributed by atoms with Crippen LogP contribution in [0.2, 0.25) is 0 Å². The maximum Gasteiger partial charge on any atom is 0.125 e. The van der Waals surface area contributed by atoms with E-state index in [1.807, 2.05) is 11.3 Å². The van der Waals surface area contributed by atoms with Crippen LogP contribution >= 0.6 is 11.3 Å². The number of nitrogens with zero attached hydrogens (tertiary/aromatic N) is 1. The van der Waals surface area contributed by atoms with E-state index in [0.29, 0.717) is 5.92 Å². The molecule has 1 aliphatic heterocycles. The third kappa shape index (κ3) is 3.66. The van der Waals surface area contributed by atoms with Gasteiger partial charge in [-0.2, -0.15) is 0 Å². The minimum absolute atomic E-state index is 0.146. The molecule has 3 rings (SSSR count). The molecule has 2 aliphatic rings. The zero-order valence-corrected chi connectivity index (χ0v) is 14.6. The van der Waals surface area contributed by atoms with Crippen molar-refractivity contribution >= 4 is 11.3 Å². The van der Waals surface area contributed by atoms with Crippen molar-refractivity contribution < 1.29 is 4.74 Å². The van der Waals surface area contributed by atoms with Crippen LogP contribution in [0.25, 0.3) is 0 Å². The molecule has 1 aromatic rings. The predicted molar refractivity (Wildman–Crippen MR) is 87.8 cm³/mol. The standard InChI is InChI=1S/C17H28N2OS/c1-16(2,3)18-11-13-14(12-7-8-12)19-15(21-13)17(4)9-5-6-10-20-17/h12,18H,5-11H2,1-4H3. The Morgan fingerprint density at radius 2 is 2.10 bits per heavy atom. The van der Waals surface area contributed by atoms with E-state index in [0.717, 1.165) is 19.6 Å². The maximum atomic E-state index is 6.09. The molecule has 21 heavy (non-hydrogen) atoms. The van der Waals surface area contributed by atoms with Crippen LogP contribution in [0.4, 0.5) is 0 Å². The summed E-state index contributed by atoms with van der Waals surface area (Å²) in [6.45, 7) is 10.7. The summed E-state index contributed by atoms with van der Waals surface area (Å²) in [6, 6.07) is 0. The minimum Gasteiger partial charge on any atom is -0.368 e. The highest BCUT2D eigenvalue weighted by Gasteiger charge is 2.37. The van der Waals surface area contributed by atoms with Gasteiger partial charge in [0.2, 0.25) is 0 Å². The molecule has 2 fully saturated rings. The molecule has 1 atom stereocenters. The van der Waals surface area contributed by atoms with E-state index in [9.17, 15) is 0 Å². The molecule has 2 heterocycles. The van der Waals surface area contributed by atoms with Crippen LogP contribution in [0.15, 0.2) is 0 Å². The van der Waals surface area contributed by atoms with Crippen LogP contribution in [0, 0.1) is 0 Å². The van der Waals surface area contributed by atoms with Gasteiger partial charge in [0.05, 0.1) is 5.69 Å². The van der Waals surface area contributed by atoms with Gasteiger partial charge < -0.3 is 10.1 Å². The lowest BCUT2D eigenvalue weighted by molar-refractivity contribution is -0.0702. The van der Waals surface area contributed by atoms with Gasteiger partial charge in [0.15, 0.2) is 0 Å². The normalized spacial score (nSPS) is 27.0. The Morgan fingerprint density at radius 3 is 2.67 bits per heavy atom. The molecule has 0 aromatic carbocycles. The first-order chi connectivity index (χ1) is 9.87. The second-order valence-corrected chi connectivity index (χ2v) is 8.83. The minimum atomic E-state index is -0.146. The third-order valence-electron chi connectivity index (χ3n) is 4.39. The number of thiazole rings is 1. The van der Waals surface area contributed by atoms with Crippen molar-refractivity contribution in [1.82, 2.24) is 10.3 Å². The molecule has 1 aliphatic carbocycles. The molecule has 118 valence electrons. The van der Waals surface area contributed by atoms with Crippen molar-refractivity contribution in [3.05, 3.63) is 15.6 Å². The summed E-state index contributed by atoms with van der Waals surface area (Å²) >= 11 is 1.88. The number of ether oxygens (including phenoxy) is 1. The third-order valence-corrected chi connectivity index (χ3v) is 5.71. The van der Waals surface area contributed by atoms with Crippen molar-refractivity contribution in [3.63, 3.8) is 0 Å². The maximum absolute atomic E-state index is 6.09. The number of rotatable bonds is 4.